The van der Waals surface area contributed by atoms with Crippen LogP contribution in [0.25, 0.3) is 0 Å². The van der Waals surface area contributed by atoms with Gasteiger partial charge in [0.2, 0.25) is 5.91 Å². The van der Waals surface area contributed by atoms with Gasteiger partial charge in [-0.2, -0.15) is 0 Å². The number of aliphatic hydroxyl groups is 8. The summed E-state index contributed by atoms with van der Waals surface area (Å²) < 4.78 is 22.9. The van der Waals surface area contributed by atoms with Crippen LogP contribution in [0, 0.1) is 0 Å². The van der Waals surface area contributed by atoms with Gasteiger partial charge in [0.25, 0.3) is 0 Å². The molecule has 12 unspecified atom stereocenters. The molecule has 2 saturated heterocycles. The quantitative estimate of drug-likeness (QED) is 0.0204. The van der Waals surface area contributed by atoms with E-state index in [2.05, 4.69) is 92.1 Å². The van der Waals surface area contributed by atoms with Crippen molar-refractivity contribution in [3.63, 3.8) is 0 Å². The smallest absolute Gasteiger partial charge is 0.220 e. The summed E-state index contributed by atoms with van der Waals surface area (Å²) >= 11 is 0. The highest BCUT2D eigenvalue weighted by Gasteiger charge is 2.51. The molecule has 0 aliphatic carbocycles. The molecule has 0 aromatic heterocycles. The highest BCUT2D eigenvalue weighted by atomic mass is 16.7. The first kappa shape index (κ1) is 96.2. The maximum Gasteiger partial charge on any atom is 0.220 e. The minimum atomic E-state index is -1.79. The fraction of sp³-hybridized carbons (Fsp3) is 0.831. The topological polar surface area (TPSA) is 228 Å². The zero-order chi connectivity index (χ0) is 74.4. The normalized spacial score (nSPS) is 22.0. The lowest BCUT2D eigenvalue weighted by atomic mass is 9.97. The summed E-state index contributed by atoms with van der Waals surface area (Å²) in [6.45, 7) is 2.73. The molecular formula is C89H161NO13. The Labute approximate surface area is 631 Å². The number of hydrogen-bond acceptors (Lipinski definition) is 13. The Bertz CT molecular complexity index is 2060. The fourth-order valence-corrected chi connectivity index (χ4v) is 14.0. The Morgan fingerprint density at radius 3 is 1.07 bits per heavy atom. The van der Waals surface area contributed by atoms with Crippen LogP contribution in [0.15, 0.2) is 85.1 Å². The summed E-state index contributed by atoms with van der Waals surface area (Å²) in [4.78, 5) is 13.4. The Morgan fingerprint density at radius 1 is 0.359 bits per heavy atom. The first-order valence-corrected chi connectivity index (χ1v) is 43.3. The van der Waals surface area contributed by atoms with Crippen LogP contribution in [0.2, 0.25) is 0 Å². The van der Waals surface area contributed by atoms with Gasteiger partial charge in [0.1, 0.15) is 48.8 Å². The molecule has 1 amide bonds. The van der Waals surface area contributed by atoms with Crippen LogP contribution < -0.4 is 5.32 Å². The zero-order valence-electron chi connectivity index (χ0n) is 66.1. The number of unbranched alkanes of at least 4 members (excludes halogenated alkanes) is 48. The molecule has 0 spiro atoms. The lowest BCUT2D eigenvalue weighted by Crippen LogP contribution is -2.65. The molecule has 14 nitrogen and oxygen atoms in total. The number of carbonyl (C=O) groups is 1. The molecule has 0 aromatic carbocycles. The van der Waals surface area contributed by atoms with E-state index < -0.39 is 86.8 Å². The monoisotopic (exact) mass is 1450 g/mol. The number of ether oxygens (including phenoxy) is 4. The molecule has 0 aromatic rings. The molecule has 0 bridgehead atoms. The van der Waals surface area contributed by atoms with Gasteiger partial charge in [0.15, 0.2) is 12.6 Å². The number of amides is 1. The summed E-state index contributed by atoms with van der Waals surface area (Å²) in [5.41, 5.74) is 0. The van der Waals surface area contributed by atoms with Gasteiger partial charge in [-0.05, 0) is 77.0 Å². The molecule has 9 N–H and O–H groups in total. The van der Waals surface area contributed by atoms with Gasteiger partial charge in [-0.3, -0.25) is 4.79 Å². The van der Waals surface area contributed by atoms with E-state index in [-0.39, 0.29) is 18.9 Å². The van der Waals surface area contributed by atoms with Crippen molar-refractivity contribution in [3.05, 3.63) is 85.1 Å². The molecule has 2 aliphatic rings. The van der Waals surface area contributed by atoms with E-state index in [1.54, 1.807) is 6.08 Å². The first-order chi connectivity index (χ1) is 50.6. The van der Waals surface area contributed by atoms with Crippen molar-refractivity contribution in [2.45, 2.75) is 453 Å². The van der Waals surface area contributed by atoms with E-state index in [1.807, 2.05) is 6.08 Å². The summed E-state index contributed by atoms with van der Waals surface area (Å²) in [6.07, 6.45) is 85.5. The van der Waals surface area contributed by atoms with Crippen molar-refractivity contribution in [1.82, 2.24) is 5.32 Å². The molecule has 2 fully saturated rings. The molecule has 600 valence electrons. The lowest BCUT2D eigenvalue weighted by Gasteiger charge is -2.46. The van der Waals surface area contributed by atoms with Gasteiger partial charge in [-0.1, -0.05) is 381 Å². The Balaban J connectivity index is 1.59. The second kappa shape index (κ2) is 72.1. The molecule has 0 saturated carbocycles. The Morgan fingerprint density at radius 2 is 0.680 bits per heavy atom. The van der Waals surface area contributed by atoms with Crippen LogP contribution in [-0.4, -0.2) is 140 Å². The highest BCUT2D eigenvalue weighted by Crippen LogP contribution is 2.30. The van der Waals surface area contributed by atoms with Gasteiger partial charge in [0.05, 0.1) is 32.0 Å². The molecule has 12 atom stereocenters. The molecule has 0 radical (unpaired) electrons. The van der Waals surface area contributed by atoms with Crippen LogP contribution in [0.3, 0.4) is 0 Å². The predicted octanol–water partition coefficient (Wildman–Crippen LogP) is 20.6. The first-order valence-electron chi connectivity index (χ1n) is 43.3. The molecule has 14 heteroatoms. The summed E-state index contributed by atoms with van der Waals surface area (Å²) in [7, 11) is 0. The minimum Gasteiger partial charge on any atom is -0.394 e. The second-order valence-corrected chi connectivity index (χ2v) is 30.3. The van der Waals surface area contributed by atoms with Gasteiger partial charge >= 0.3 is 0 Å². The largest absolute Gasteiger partial charge is 0.394 e. The van der Waals surface area contributed by atoms with Gasteiger partial charge < -0.3 is 65.1 Å². The van der Waals surface area contributed by atoms with Crippen LogP contribution in [0.1, 0.15) is 380 Å². The van der Waals surface area contributed by atoms with E-state index in [9.17, 15) is 45.6 Å². The standard InChI is InChI=1S/C89H161NO13/c1-3-5-7-9-11-13-15-17-19-21-23-25-27-29-31-33-35-37-38-39-40-41-43-45-47-49-51-53-55-57-59-61-63-65-67-69-71-73-81(94)90-77(76-100-88-86(99)84(97)87(80(75-92)102-88)103-89-85(98)83(96)82(95)79(74-91)101-89)78(93)72-70-68-66-64-62-60-58-56-54-52-50-48-46-44-42-36-34-32-30-28-26-24-22-20-18-16-14-12-10-8-6-4-2/h5,7,11,13,17,19,23,25,29,31,62,64,70,72,77-80,82-89,91-93,95-99H,3-4,6,8-10,12,14-16,18,20-22,24,26-28,30,32-61,63,65-69,71,73-76H2,1-2H3,(H,90,94)/b7-5-,13-11-,19-17-,25-23-,31-29-,64-62+,72-70+. The van der Waals surface area contributed by atoms with Gasteiger partial charge in [-0.15, -0.1) is 0 Å². The molecule has 103 heavy (non-hydrogen) atoms. The third-order valence-electron chi connectivity index (χ3n) is 20.8. The summed E-state index contributed by atoms with van der Waals surface area (Å²) in [5.74, 6) is -0.244. The molecule has 2 heterocycles. The molecular weight excluding hydrogens is 1290 g/mol. The Hall–Kier alpha value is -2.83. The van der Waals surface area contributed by atoms with Crippen LogP contribution >= 0.6 is 0 Å². The van der Waals surface area contributed by atoms with Crippen molar-refractivity contribution >= 4 is 5.91 Å². The van der Waals surface area contributed by atoms with Gasteiger partial charge in [-0.25, -0.2) is 0 Å². The van der Waals surface area contributed by atoms with E-state index in [0.717, 1.165) is 64.2 Å². The van der Waals surface area contributed by atoms with Crippen molar-refractivity contribution in [1.29, 1.82) is 0 Å². The maximum atomic E-state index is 13.4. The maximum absolute atomic E-state index is 13.4. The summed E-state index contributed by atoms with van der Waals surface area (Å²) in [5, 5.41) is 87.8. The fourth-order valence-electron chi connectivity index (χ4n) is 14.0. The average Bonchev–Trinajstić information content (AvgIpc) is 0.791. The van der Waals surface area contributed by atoms with Crippen LogP contribution in [-0.2, 0) is 23.7 Å². The van der Waals surface area contributed by atoms with Crippen molar-refractivity contribution in [3.8, 4) is 0 Å². The van der Waals surface area contributed by atoms with Crippen molar-refractivity contribution in [2.75, 3.05) is 19.8 Å². The van der Waals surface area contributed by atoms with E-state index in [0.29, 0.717) is 12.8 Å². The number of hydrogen-bond donors (Lipinski definition) is 9. The number of allylic oxidation sites excluding steroid dienone is 13. The number of carbonyl (C=O) groups excluding carboxylic acids is 1. The van der Waals surface area contributed by atoms with E-state index in [4.69, 9.17) is 18.9 Å². The zero-order valence-corrected chi connectivity index (χ0v) is 66.1. The Kier molecular flexibility index (Phi) is 67.3. The number of rotatable bonds is 73. The number of nitrogens with one attached hydrogen (secondary N) is 1. The van der Waals surface area contributed by atoms with E-state index in [1.165, 1.54) is 283 Å². The molecule has 2 aliphatic heterocycles. The van der Waals surface area contributed by atoms with Crippen LogP contribution in [0.4, 0.5) is 0 Å². The van der Waals surface area contributed by atoms with E-state index >= 15 is 0 Å². The summed E-state index contributed by atoms with van der Waals surface area (Å²) in [6, 6.07) is -0.936. The van der Waals surface area contributed by atoms with Crippen molar-refractivity contribution in [2.24, 2.45) is 0 Å². The van der Waals surface area contributed by atoms with Crippen LogP contribution in [0.5, 0.6) is 0 Å². The average molecular weight is 1450 g/mol. The highest BCUT2D eigenvalue weighted by molar-refractivity contribution is 5.76. The second-order valence-electron chi connectivity index (χ2n) is 30.3. The lowest BCUT2D eigenvalue weighted by molar-refractivity contribution is -0.359. The molecule has 2 rings (SSSR count). The predicted molar refractivity (Wildman–Crippen MR) is 429 cm³/mol. The number of aliphatic hydroxyl groups excluding tert-OH is 8. The third-order valence-corrected chi connectivity index (χ3v) is 20.8. The minimum absolute atomic E-state index is 0.244. The van der Waals surface area contributed by atoms with Crippen molar-refractivity contribution < 1.29 is 64.6 Å². The van der Waals surface area contributed by atoms with Gasteiger partial charge in [0, 0.05) is 6.42 Å². The SMILES string of the molecule is CC/C=C\C/C=C\C/C=C\C/C=C\C/C=C\CCCCCCCCCCCCCCCCCCCCCCCC(=O)NC(COC1OC(CO)C(OC2OC(CO)C(O)C(O)C2O)C(O)C1O)C(O)/C=C/CC/C=C/CCCCCCCCCCCCCCCCCCCCCCCCCCCC. The third kappa shape index (κ3) is 54.4.